The van der Waals surface area contributed by atoms with E-state index in [0.29, 0.717) is 6.54 Å². The summed E-state index contributed by atoms with van der Waals surface area (Å²) in [6.45, 7) is 0.712. The van der Waals surface area contributed by atoms with Gasteiger partial charge in [0.1, 0.15) is 0 Å². The molecule has 0 saturated heterocycles. The molecule has 1 aliphatic heterocycles. The lowest BCUT2D eigenvalue weighted by Gasteiger charge is -2.26. The van der Waals surface area contributed by atoms with Gasteiger partial charge in [0.2, 0.25) is 0 Å². The van der Waals surface area contributed by atoms with Crippen molar-refractivity contribution >= 4 is 34.4 Å². The molecule has 0 bridgehead atoms. The fourth-order valence-corrected chi connectivity index (χ4v) is 2.42. The second-order valence-electron chi connectivity index (χ2n) is 4.63. The Morgan fingerprint density at radius 3 is 2.65 bits per heavy atom. The van der Waals surface area contributed by atoms with Crippen LogP contribution in [0.3, 0.4) is 0 Å². The summed E-state index contributed by atoms with van der Waals surface area (Å²) in [5.41, 5.74) is 3.86. The van der Waals surface area contributed by atoms with E-state index >= 15 is 0 Å². The number of benzene rings is 2. The smallest absolute Gasteiger partial charge is 0.152 e. The van der Waals surface area contributed by atoms with Crippen molar-refractivity contribution in [1.82, 2.24) is 9.97 Å². The van der Waals surface area contributed by atoms with Gasteiger partial charge in [0.15, 0.2) is 5.82 Å². The van der Waals surface area contributed by atoms with Gasteiger partial charge in [0.05, 0.1) is 35.1 Å². The Hall–Kier alpha value is -2.75. The average molecular weight is 260 g/mol. The van der Waals surface area contributed by atoms with Crippen LogP contribution in [0.5, 0.6) is 0 Å². The third-order valence-corrected chi connectivity index (χ3v) is 3.38. The predicted molar refractivity (Wildman–Crippen MR) is 81.1 cm³/mol. The van der Waals surface area contributed by atoms with Gasteiger partial charge in [-0.25, -0.2) is 4.98 Å². The molecule has 4 heteroatoms. The minimum absolute atomic E-state index is 0.712. The molecule has 0 N–H and O–H groups in total. The van der Waals surface area contributed by atoms with E-state index in [1.165, 1.54) is 0 Å². The van der Waals surface area contributed by atoms with Crippen LogP contribution >= 0.6 is 0 Å². The molecule has 2 heterocycles. The quantitative estimate of drug-likeness (QED) is 0.672. The van der Waals surface area contributed by atoms with Crippen LogP contribution in [-0.2, 0) is 0 Å². The van der Waals surface area contributed by atoms with Crippen LogP contribution in [0.15, 0.2) is 59.7 Å². The lowest BCUT2D eigenvalue weighted by molar-refractivity contribution is 1.06. The number of rotatable bonds is 1. The van der Waals surface area contributed by atoms with Crippen molar-refractivity contribution in [2.24, 2.45) is 4.99 Å². The van der Waals surface area contributed by atoms with Gasteiger partial charge < -0.3 is 4.90 Å². The van der Waals surface area contributed by atoms with Crippen LogP contribution in [0.1, 0.15) is 0 Å². The van der Waals surface area contributed by atoms with Gasteiger partial charge >= 0.3 is 0 Å². The third-order valence-electron chi connectivity index (χ3n) is 3.38. The van der Waals surface area contributed by atoms with E-state index in [-0.39, 0.29) is 0 Å². The summed E-state index contributed by atoms with van der Waals surface area (Å²) in [7, 11) is 0. The Balaban J connectivity index is 1.85. The number of aliphatic imine (C=N–C) groups is 1. The normalized spacial score (nSPS) is 13.5. The standard InChI is InChI=1S/C16H12N4/c1-2-6-13-12(5-1)18-11-16(19-13)20-10-9-17-14-7-3-4-8-15(14)20/h1-9,11H,10H2. The van der Waals surface area contributed by atoms with Gasteiger partial charge in [-0.1, -0.05) is 24.3 Å². The van der Waals surface area contributed by atoms with E-state index < -0.39 is 0 Å². The Kier molecular flexibility index (Phi) is 2.45. The Morgan fingerprint density at radius 2 is 1.70 bits per heavy atom. The Bertz CT molecular complexity index is 810. The van der Waals surface area contributed by atoms with E-state index in [9.17, 15) is 0 Å². The number of hydrogen-bond donors (Lipinski definition) is 0. The van der Waals surface area contributed by atoms with Crippen LogP contribution < -0.4 is 4.90 Å². The molecule has 4 rings (SSSR count). The number of para-hydroxylation sites is 4. The molecule has 0 amide bonds. The molecular weight excluding hydrogens is 248 g/mol. The Morgan fingerprint density at radius 1 is 0.900 bits per heavy atom. The molecule has 0 spiro atoms. The molecule has 3 aromatic rings. The molecule has 4 nitrogen and oxygen atoms in total. The van der Waals surface area contributed by atoms with Gasteiger partial charge in [-0.2, -0.15) is 0 Å². The van der Waals surface area contributed by atoms with Gasteiger partial charge in [0.25, 0.3) is 0 Å². The van der Waals surface area contributed by atoms with E-state index in [1.54, 1.807) is 0 Å². The highest BCUT2D eigenvalue weighted by Gasteiger charge is 2.16. The van der Waals surface area contributed by atoms with E-state index in [1.807, 2.05) is 54.9 Å². The van der Waals surface area contributed by atoms with Gasteiger partial charge in [-0.05, 0) is 24.3 Å². The largest absolute Gasteiger partial charge is 0.318 e. The van der Waals surface area contributed by atoms with Gasteiger partial charge in [-0.3, -0.25) is 9.98 Å². The number of hydrogen-bond acceptors (Lipinski definition) is 4. The summed E-state index contributed by atoms with van der Waals surface area (Å²) < 4.78 is 0. The van der Waals surface area contributed by atoms with Gasteiger partial charge in [-0.15, -0.1) is 0 Å². The SMILES string of the molecule is C1=Nc2ccccc2N(c2cnc3ccccc3n2)C1. The van der Waals surface area contributed by atoms with E-state index in [0.717, 1.165) is 28.2 Å². The molecule has 1 aliphatic rings. The molecule has 0 saturated carbocycles. The summed E-state index contributed by atoms with van der Waals surface area (Å²) >= 11 is 0. The van der Waals surface area contributed by atoms with Crippen molar-refractivity contribution in [2.75, 3.05) is 11.4 Å². The molecule has 20 heavy (non-hydrogen) atoms. The summed E-state index contributed by atoms with van der Waals surface area (Å²) in [5, 5.41) is 0. The summed E-state index contributed by atoms with van der Waals surface area (Å²) in [6.07, 6.45) is 3.72. The maximum Gasteiger partial charge on any atom is 0.152 e. The average Bonchev–Trinajstić information content (AvgIpc) is 2.54. The highest BCUT2D eigenvalue weighted by atomic mass is 15.2. The minimum Gasteiger partial charge on any atom is -0.318 e. The molecule has 0 unspecified atom stereocenters. The maximum atomic E-state index is 4.70. The number of aromatic nitrogens is 2. The highest BCUT2D eigenvalue weighted by Crippen LogP contribution is 2.34. The van der Waals surface area contributed by atoms with Crippen molar-refractivity contribution in [3.63, 3.8) is 0 Å². The second kappa shape index (κ2) is 4.42. The monoisotopic (exact) mass is 260 g/mol. The van der Waals surface area contributed by atoms with Crippen LogP contribution in [0.25, 0.3) is 11.0 Å². The zero-order valence-corrected chi connectivity index (χ0v) is 10.8. The van der Waals surface area contributed by atoms with Crippen molar-refractivity contribution in [3.8, 4) is 0 Å². The summed E-state index contributed by atoms with van der Waals surface area (Å²) in [6, 6.07) is 16.0. The highest BCUT2D eigenvalue weighted by molar-refractivity contribution is 5.86. The zero-order chi connectivity index (χ0) is 13.4. The first kappa shape index (κ1) is 11.1. The van der Waals surface area contributed by atoms with E-state index in [4.69, 9.17) is 4.98 Å². The van der Waals surface area contributed by atoms with Crippen molar-refractivity contribution in [1.29, 1.82) is 0 Å². The third kappa shape index (κ3) is 1.73. The first-order valence-corrected chi connectivity index (χ1v) is 6.53. The van der Waals surface area contributed by atoms with Crippen molar-refractivity contribution in [2.45, 2.75) is 0 Å². The molecule has 0 radical (unpaired) electrons. The van der Waals surface area contributed by atoms with Gasteiger partial charge in [0, 0.05) is 6.21 Å². The molecular formula is C16H12N4. The lowest BCUT2D eigenvalue weighted by atomic mass is 10.2. The maximum absolute atomic E-state index is 4.70. The van der Waals surface area contributed by atoms with Crippen LogP contribution in [-0.4, -0.2) is 22.7 Å². The zero-order valence-electron chi connectivity index (χ0n) is 10.8. The molecule has 0 atom stereocenters. The molecule has 0 aliphatic carbocycles. The fraction of sp³-hybridized carbons (Fsp3) is 0.0625. The molecule has 96 valence electrons. The lowest BCUT2D eigenvalue weighted by Crippen LogP contribution is -2.23. The van der Waals surface area contributed by atoms with E-state index in [2.05, 4.69) is 20.9 Å². The van der Waals surface area contributed by atoms with Crippen LogP contribution in [0.4, 0.5) is 17.2 Å². The molecule has 1 aromatic heterocycles. The van der Waals surface area contributed by atoms with Crippen LogP contribution in [0.2, 0.25) is 0 Å². The molecule has 0 fully saturated rings. The number of fused-ring (bicyclic) bond motifs is 2. The Labute approximate surface area is 116 Å². The number of nitrogens with zero attached hydrogens (tertiary/aromatic N) is 4. The summed E-state index contributed by atoms with van der Waals surface area (Å²) in [5.74, 6) is 0.849. The second-order valence-corrected chi connectivity index (χ2v) is 4.63. The minimum atomic E-state index is 0.712. The van der Waals surface area contributed by atoms with Crippen LogP contribution in [0, 0.1) is 0 Å². The fourth-order valence-electron chi connectivity index (χ4n) is 2.42. The number of anilines is 2. The van der Waals surface area contributed by atoms with Crippen molar-refractivity contribution < 1.29 is 0 Å². The molecule has 2 aromatic carbocycles. The summed E-state index contributed by atoms with van der Waals surface area (Å²) in [4.78, 5) is 15.7. The predicted octanol–water partition coefficient (Wildman–Crippen LogP) is 3.48. The van der Waals surface area contributed by atoms with Crippen molar-refractivity contribution in [3.05, 3.63) is 54.7 Å². The first-order valence-electron chi connectivity index (χ1n) is 6.53. The topological polar surface area (TPSA) is 41.4 Å². The first-order chi connectivity index (χ1) is 9.92.